The summed E-state index contributed by atoms with van der Waals surface area (Å²) >= 11 is 0. The van der Waals surface area contributed by atoms with Gasteiger partial charge in [0.15, 0.2) is 5.76 Å². The molecule has 0 unspecified atom stereocenters. The molecule has 1 aliphatic heterocycles. The van der Waals surface area contributed by atoms with E-state index >= 15 is 0 Å². The van der Waals surface area contributed by atoms with Crippen LogP contribution in [0.5, 0.6) is 0 Å². The highest BCUT2D eigenvalue weighted by Gasteiger charge is 2.36. The van der Waals surface area contributed by atoms with Crippen LogP contribution in [-0.4, -0.2) is 28.3 Å². The highest BCUT2D eigenvalue weighted by atomic mass is 16.5. The number of allylic oxidation sites excluding steroid dienone is 2. The molecule has 18 heavy (non-hydrogen) atoms. The molecule has 0 aromatic carbocycles. The fourth-order valence-electron chi connectivity index (χ4n) is 2.86. The second-order valence-corrected chi connectivity index (χ2v) is 4.47. The zero-order chi connectivity index (χ0) is 12.9. The van der Waals surface area contributed by atoms with Gasteiger partial charge in [0.2, 0.25) is 11.6 Å². The number of methoxy groups -OCH3 is 1. The fourth-order valence-corrected chi connectivity index (χ4v) is 2.86. The first-order valence-electron chi connectivity index (χ1n) is 5.88. The number of hydrogen-bond donors (Lipinski definition) is 1. The van der Waals surface area contributed by atoms with E-state index in [9.17, 15) is 14.7 Å². The Morgan fingerprint density at radius 2 is 2.22 bits per heavy atom. The predicted octanol–water partition coefficient (Wildman–Crippen LogP) is 0.836. The van der Waals surface area contributed by atoms with Crippen LogP contribution in [0.3, 0.4) is 0 Å². The van der Waals surface area contributed by atoms with Crippen LogP contribution in [0.15, 0.2) is 11.8 Å². The molecular formula is C13H13NO4. The van der Waals surface area contributed by atoms with Crippen LogP contribution in [0.25, 0.3) is 0 Å². The van der Waals surface area contributed by atoms with E-state index in [4.69, 9.17) is 4.74 Å². The van der Waals surface area contributed by atoms with Crippen molar-refractivity contribution in [3.05, 3.63) is 34.3 Å². The maximum Gasteiger partial charge on any atom is 0.230 e. The Balaban J connectivity index is 2.28. The molecule has 0 saturated carbocycles. The summed E-state index contributed by atoms with van der Waals surface area (Å²) in [5.41, 5.74) is 2.24. The number of rotatable bonds is 2. The third-order valence-electron chi connectivity index (χ3n) is 3.60. The summed E-state index contributed by atoms with van der Waals surface area (Å²) in [5.74, 6) is -0.478. The molecule has 0 bridgehead atoms. The number of carbonyl (C=O) groups is 2. The van der Waals surface area contributed by atoms with Gasteiger partial charge in [-0.15, -0.1) is 0 Å². The second-order valence-electron chi connectivity index (χ2n) is 4.47. The van der Waals surface area contributed by atoms with E-state index < -0.39 is 0 Å². The minimum Gasteiger partial charge on any atom is -0.492 e. The monoisotopic (exact) mass is 247 g/mol. The van der Waals surface area contributed by atoms with Gasteiger partial charge < -0.3 is 14.4 Å². The van der Waals surface area contributed by atoms with Crippen LogP contribution in [0, 0.1) is 0 Å². The van der Waals surface area contributed by atoms with E-state index in [0.29, 0.717) is 16.8 Å². The van der Waals surface area contributed by atoms with E-state index in [-0.39, 0.29) is 23.9 Å². The average molecular weight is 247 g/mol. The molecule has 1 aromatic rings. The Kier molecular flexibility index (Phi) is 2.38. The Bertz CT molecular complexity index is 595. The van der Waals surface area contributed by atoms with Crippen molar-refractivity contribution in [2.75, 3.05) is 7.11 Å². The van der Waals surface area contributed by atoms with Gasteiger partial charge in [-0.25, -0.2) is 0 Å². The van der Waals surface area contributed by atoms with Gasteiger partial charge in [-0.05, 0) is 12.8 Å². The second kappa shape index (κ2) is 3.81. The molecule has 94 valence electrons. The van der Waals surface area contributed by atoms with Crippen LogP contribution in [0.4, 0.5) is 0 Å². The Labute approximate surface area is 104 Å². The number of aliphatic hydroxyl groups excluding tert-OH is 1. The van der Waals surface area contributed by atoms with Gasteiger partial charge in [-0.2, -0.15) is 0 Å². The number of fused-ring (bicyclic) bond motifs is 3. The van der Waals surface area contributed by atoms with E-state index in [1.807, 2.05) is 4.57 Å². The van der Waals surface area contributed by atoms with E-state index in [2.05, 4.69) is 0 Å². The van der Waals surface area contributed by atoms with Crippen molar-refractivity contribution in [3.63, 3.8) is 0 Å². The lowest BCUT2D eigenvalue weighted by atomic mass is 9.95. The number of aromatic nitrogens is 1. The van der Waals surface area contributed by atoms with E-state index in [1.54, 1.807) is 0 Å². The zero-order valence-electron chi connectivity index (χ0n) is 10.0. The van der Waals surface area contributed by atoms with Crippen LogP contribution in [0.2, 0.25) is 0 Å². The summed E-state index contributed by atoms with van der Waals surface area (Å²) < 4.78 is 6.80. The molecule has 1 aliphatic carbocycles. The zero-order valence-corrected chi connectivity index (χ0v) is 10.0. The molecule has 5 nitrogen and oxygen atoms in total. The molecule has 3 rings (SSSR count). The summed E-state index contributed by atoms with van der Waals surface area (Å²) in [5, 5.41) is 9.47. The Morgan fingerprint density at radius 3 is 2.89 bits per heavy atom. The van der Waals surface area contributed by atoms with Gasteiger partial charge in [0.25, 0.3) is 0 Å². The molecule has 0 fully saturated rings. The number of nitrogens with zero attached hydrogens (tertiary/aromatic N) is 1. The first kappa shape index (κ1) is 11.2. The van der Waals surface area contributed by atoms with Crippen LogP contribution in [-0.2, 0) is 24.3 Å². The highest BCUT2D eigenvalue weighted by Crippen LogP contribution is 2.34. The lowest BCUT2D eigenvalue weighted by Crippen LogP contribution is -2.20. The first-order valence-corrected chi connectivity index (χ1v) is 5.88. The topological polar surface area (TPSA) is 68.5 Å². The van der Waals surface area contributed by atoms with Crippen molar-refractivity contribution in [2.24, 2.45) is 0 Å². The van der Waals surface area contributed by atoms with Crippen molar-refractivity contribution >= 4 is 11.6 Å². The maximum atomic E-state index is 12.2. The van der Waals surface area contributed by atoms with Gasteiger partial charge in [0.05, 0.1) is 19.3 Å². The van der Waals surface area contributed by atoms with Crippen molar-refractivity contribution in [1.82, 2.24) is 4.57 Å². The number of ether oxygens (including phenoxy) is 1. The fraction of sp³-hybridized carbons (Fsp3) is 0.385. The molecule has 1 aromatic heterocycles. The van der Waals surface area contributed by atoms with Crippen molar-refractivity contribution in [1.29, 1.82) is 0 Å². The molecule has 0 spiro atoms. The molecule has 1 N–H and O–H groups in total. The lowest BCUT2D eigenvalue weighted by molar-refractivity contribution is 0.0911. The molecule has 5 heteroatoms. The van der Waals surface area contributed by atoms with Crippen molar-refractivity contribution in [2.45, 2.75) is 26.0 Å². The molecule has 2 aliphatic rings. The molecule has 0 amide bonds. The minimum absolute atomic E-state index is 0.0477. The normalized spacial score (nSPS) is 17.6. The number of Topliss-reactive ketones (excluding diaryl/α,β-unsaturated/α-hetero) is 1. The lowest BCUT2D eigenvalue weighted by Gasteiger charge is -2.13. The van der Waals surface area contributed by atoms with Crippen molar-refractivity contribution < 1.29 is 19.4 Å². The summed E-state index contributed by atoms with van der Waals surface area (Å²) in [6.07, 6.45) is 2.97. The molecule has 0 saturated heterocycles. The summed E-state index contributed by atoms with van der Waals surface area (Å²) in [7, 11) is 1.37. The summed E-state index contributed by atoms with van der Waals surface area (Å²) in [4.78, 5) is 24.3. The first-order chi connectivity index (χ1) is 8.69. The number of ketones is 2. The van der Waals surface area contributed by atoms with E-state index in [1.165, 1.54) is 13.2 Å². The van der Waals surface area contributed by atoms with Gasteiger partial charge in [0, 0.05) is 23.9 Å². The Morgan fingerprint density at radius 1 is 1.44 bits per heavy atom. The van der Waals surface area contributed by atoms with E-state index in [0.717, 1.165) is 25.1 Å². The third kappa shape index (κ3) is 1.25. The third-order valence-corrected chi connectivity index (χ3v) is 3.60. The molecule has 0 atom stereocenters. The number of carbonyl (C=O) groups excluding carboxylic acids is 2. The molecule has 0 radical (unpaired) electrons. The maximum absolute atomic E-state index is 12.2. The summed E-state index contributed by atoms with van der Waals surface area (Å²) in [6.45, 7) is 0.507. The number of hydrogen-bond acceptors (Lipinski definition) is 4. The largest absolute Gasteiger partial charge is 0.492 e. The van der Waals surface area contributed by atoms with Crippen LogP contribution >= 0.6 is 0 Å². The van der Waals surface area contributed by atoms with Crippen molar-refractivity contribution in [3.8, 4) is 0 Å². The van der Waals surface area contributed by atoms with Gasteiger partial charge in [-0.3, -0.25) is 9.59 Å². The summed E-state index contributed by atoms with van der Waals surface area (Å²) in [6, 6.07) is 0. The Hall–Kier alpha value is -1.88. The van der Waals surface area contributed by atoms with Gasteiger partial charge in [-0.1, -0.05) is 0 Å². The van der Waals surface area contributed by atoms with Gasteiger partial charge in [0.1, 0.15) is 5.69 Å². The number of aliphatic hydroxyl groups is 1. The smallest absolute Gasteiger partial charge is 0.230 e. The standard InChI is InChI=1S/C13H13NO4/c1-18-10-5-9(16)12-11(13(10)17)7(6-15)8-3-2-4-14(8)12/h5,15H,2-4,6H2,1H3. The molecule has 2 heterocycles. The van der Waals surface area contributed by atoms with Crippen LogP contribution < -0.4 is 0 Å². The van der Waals surface area contributed by atoms with Gasteiger partial charge >= 0.3 is 0 Å². The quantitative estimate of drug-likeness (QED) is 0.840. The highest BCUT2D eigenvalue weighted by molar-refractivity contribution is 6.24. The SMILES string of the molecule is COC1=CC(=O)c2c(c(CO)c3n2CCC3)C1=O. The predicted molar refractivity (Wildman–Crippen MR) is 62.4 cm³/mol. The minimum atomic E-state index is -0.307. The average Bonchev–Trinajstić information content (AvgIpc) is 2.92. The molecular weight excluding hydrogens is 234 g/mol. The van der Waals surface area contributed by atoms with Crippen LogP contribution in [0.1, 0.15) is 38.5 Å².